The van der Waals surface area contributed by atoms with Gasteiger partial charge >= 0.3 is 5.97 Å². The number of hydrogen-bond donors (Lipinski definition) is 0. The van der Waals surface area contributed by atoms with Gasteiger partial charge in [0.15, 0.2) is 5.78 Å². The molecule has 0 aromatic heterocycles. The Hall–Kier alpha value is -1.58. The Morgan fingerprint density at radius 2 is 1.93 bits per heavy atom. The first-order valence-electron chi connectivity index (χ1n) is 4.72. The van der Waals surface area contributed by atoms with Crippen molar-refractivity contribution in [3.63, 3.8) is 0 Å². The van der Waals surface area contributed by atoms with Crippen molar-refractivity contribution in [2.24, 2.45) is 0 Å². The van der Waals surface area contributed by atoms with Crippen LogP contribution in [-0.2, 0) is 14.3 Å². The number of rotatable bonds is 5. The van der Waals surface area contributed by atoms with Crippen LogP contribution in [-0.4, -0.2) is 37.4 Å². The molecule has 0 spiro atoms. The Kier molecular flexibility index (Phi) is 6.09. The number of carbonyl (C=O) groups is 2. The summed E-state index contributed by atoms with van der Waals surface area (Å²) in [6.45, 7) is 3.30. The van der Waals surface area contributed by atoms with Crippen LogP contribution in [0.2, 0.25) is 0 Å². The van der Waals surface area contributed by atoms with Crippen molar-refractivity contribution in [3.8, 4) is 0 Å². The van der Waals surface area contributed by atoms with E-state index in [-0.39, 0.29) is 18.0 Å². The summed E-state index contributed by atoms with van der Waals surface area (Å²) in [4.78, 5) is 24.2. The highest BCUT2D eigenvalue weighted by atomic mass is 16.5. The number of ketones is 1. The number of hydrogen-bond acceptors (Lipinski definition) is 4. The van der Waals surface area contributed by atoms with E-state index in [0.29, 0.717) is 0 Å². The monoisotopic (exact) mass is 211 g/mol. The molecule has 0 radical (unpaired) electrons. The van der Waals surface area contributed by atoms with E-state index < -0.39 is 5.97 Å². The molecule has 0 amide bonds. The Morgan fingerprint density at radius 3 is 2.33 bits per heavy atom. The van der Waals surface area contributed by atoms with Crippen molar-refractivity contribution in [2.75, 3.05) is 20.7 Å². The summed E-state index contributed by atoms with van der Waals surface area (Å²) in [5, 5.41) is 0. The van der Waals surface area contributed by atoms with E-state index in [1.54, 1.807) is 24.1 Å². The molecule has 0 unspecified atom stereocenters. The highest BCUT2D eigenvalue weighted by Gasteiger charge is 2.13. The van der Waals surface area contributed by atoms with E-state index in [1.165, 1.54) is 13.0 Å². The van der Waals surface area contributed by atoms with Gasteiger partial charge in [0.05, 0.1) is 6.61 Å². The van der Waals surface area contributed by atoms with Gasteiger partial charge in [0.2, 0.25) is 0 Å². The van der Waals surface area contributed by atoms with Crippen LogP contribution >= 0.6 is 0 Å². The quantitative estimate of drug-likeness (QED) is 0.225. The Morgan fingerprint density at radius 1 is 1.33 bits per heavy atom. The van der Waals surface area contributed by atoms with Crippen LogP contribution in [0.1, 0.15) is 13.8 Å². The first kappa shape index (κ1) is 13.4. The van der Waals surface area contributed by atoms with Gasteiger partial charge in [-0.15, -0.1) is 0 Å². The van der Waals surface area contributed by atoms with Gasteiger partial charge in [0.25, 0.3) is 0 Å². The predicted molar refractivity (Wildman–Crippen MR) is 58.2 cm³/mol. The molecule has 0 aromatic carbocycles. The van der Waals surface area contributed by atoms with E-state index >= 15 is 0 Å². The third kappa shape index (κ3) is 5.67. The van der Waals surface area contributed by atoms with E-state index in [2.05, 4.69) is 0 Å². The zero-order valence-electron chi connectivity index (χ0n) is 9.61. The molecule has 0 aliphatic rings. The summed E-state index contributed by atoms with van der Waals surface area (Å²) >= 11 is 0. The van der Waals surface area contributed by atoms with Crippen LogP contribution in [0.25, 0.3) is 0 Å². The lowest BCUT2D eigenvalue weighted by Crippen LogP contribution is -2.13. The number of esters is 1. The van der Waals surface area contributed by atoms with Crippen molar-refractivity contribution >= 4 is 11.8 Å². The maximum Gasteiger partial charge on any atom is 0.341 e. The minimum Gasteiger partial charge on any atom is -0.462 e. The van der Waals surface area contributed by atoms with Crippen LogP contribution < -0.4 is 0 Å². The van der Waals surface area contributed by atoms with Gasteiger partial charge in [-0.1, -0.05) is 0 Å². The number of ether oxygens (including phenoxy) is 1. The fourth-order valence-electron chi connectivity index (χ4n) is 0.849. The normalized spacial score (nSPS) is 11.6. The maximum absolute atomic E-state index is 11.3. The van der Waals surface area contributed by atoms with Crippen LogP contribution in [0.4, 0.5) is 0 Å². The summed E-state index contributed by atoms with van der Waals surface area (Å²) in [6.07, 6.45) is 4.83. The van der Waals surface area contributed by atoms with Crippen molar-refractivity contribution in [3.05, 3.63) is 23.9 Å². The molecule has 0 heterocycles. The third-order valence-corrected chi connectivity index (χ3v) is 1.52. The lowest BCUT2D eigenvalue weighted by Gasteiger charge is -2.03. The van der Waals surface area contributed by atoms with Gasteiger partial charge in [-0.05, 0) is 32.2 Å². The Bertz CT molecular complexity index is 290. The fraction of sp³-hybridized carbons (Fsp3) is 0.455. The highest BCUT2D eigenvalue weighted by Crippen LogP contribution is 2.01. The molecule has 15 heavy (non-hydrogen) atoms. The summed E-state index contributed by atoms with van der Waals surface area (Å²) in [6, 6.07) is 0. The van der Waals surface area contributed by atoms with E-state index in [1.807, 2.05) is 14.1 Å². The minimum atomic E-state index is -0.576. The van der Waals surface area contributed by atoms with Crippen LogP contribution in [0, 0.1) is 0 Å². The maximum atomic E-state index is 11.3. The Balaban J connectivity index is 4.66. The molecule has 0 aromatic rings. The summed E-state index contributed by atoms with van der Waals surface area (Å²) in [5.74, 6) is -0.870. The molecule has 4 heteroatoms. The molecule has 0 saturated carbocycles. The second kappa shape index (κ2) is 6.81. The van der Waals surface area contributed by atoms with E-state index in [4.69, 9.17) is 4.74 Å². The predicted octanol–water partition coefficient (Wildman–Crippen LogP) is 1.14. The molecule has 0 bridgehead atoms. The average molecular weight is 211 g/mol. The van der Waals surface area contributed by atoms with Gasteiger partial charge in [0.1, 0.15) is 5.57 Å². The zero-order valence-corrected chi connectivity index (χ0v) is 9.61. The molecular weight excluding hydrogens is 194 g/mol. The fourth-order valence-corrected chi connectivity index (χ4v) is 0.849. The first-order chi connectivity index (χ1) is 6.99. The van der Waals surface area contributed by atoms with Crippen molar-refractivity contribution < 1.29 is 14.3 Å². The van der Waals surface area contributed by atoms with Crippen LogP contribution in [0.5, 0.6) is 0 Å². The SMILES string of the molecule is CCOC(=O)/C(=C\C=C\N(C)C)C(C)=O. The summed E-state index contributed by atoms with van der Waals surface area (Å²) in [5.41, 5.74) is 0.0648. The average Bonchev–Trinajstić information content (AvgIpc) is 2.11. The Labute approximate surface area is 90.2 Å². The second-order valence-electron chi connectivity index (χ2n) is 3.16. The summed E-state index contributed by atoms with van der Waals surface area (Å²) < 4.78 is 4.75. The molecule has 0 saturated heterocycles. The highest BCUT2D eigenvalue weighted by molar-refractivity contribution is 6.16. The van der Waals surface area contributed by atoms with E-state index in [9.17, 15) is 9.59 Å². The zero-order chi connectivity index (χ0) is 11.8. The van der Waals surface area contributed by atoms with Crippen LogP contribution in [0.3, 0.4) is 0 Å². The van der Waals surface area contributed by atoms with Gasteiger partial charge in [-0.25, -0.2) is 4.79 Å². The molecule has 0 rings (SSSR count). The summed E-state index contributed by atoms with van der Waals surface area (Å²) in [7, 11) is 3.70. The number of allylic oxidation sites excluding steroid dienone is 2. The standard InChI is InChI=1S/C11H17NO3/c1-5-15-11(14)10(9(2)13)7-6-8-12(3)4/h6-8H,5H2,1-4H3/b8-6+,10-7-. The molecule has 0 N–H and O–H groups in total. The molecule has 84 valence electrons. The largest absolute Gasteiger partial charge is 0.462 e. The molecule has 0 aliphatic heterocycles. The number of nitrogens with zero attached hydrogens (tertiary/aromatic N) is 1. The molecule has 0 aliphatic carbocycles. The number of carbonyl (C=O) groups excluding carboxylic acids is 2. The number of Topliss-reactive ketones (excluding diaryl/α,β-unsaturated/α-hetero) is 1. The van der Waals surface area contributed by atoms with Crippen molar-refractivity contribution in [1.82, 2.24) is 4.90 Å². The molecular formula is C11H17NO3. The lowest BCUT2D eigenvalue weighted by molar-refractivity contribution is -0.139. The smallest absolute Gasteiger partial charge is 0.341 e. The topological polar surface area (TPSA) is 46.6 Å². The van der Waals surface area contributed by atoms with Crippen molar-refractivity contribution in [2.45, 2.75) is 13.8 Å². The van der Waals surface area contributed by atoms with Gasteiger partial charge < -0.3 is 9.64 Å². The molecule has 0 atom stereocenters. The second-order valence-corrected chi connectivity index (χ2v) is 3.16. The third-order valence-electron chi connectivity index (χ3n) is 1.52. The first-order valence-corrected chi connectivity index (χ1v) is 4.72. The van der Waals surface area contributed by atoms with Gasteiger partial charge in [0, 0.05) is 14.1 Å². The van der Waals surface area contributed by atoms with Gasteiger partial charge in [-0.3, -0.25) is 4.79 Å². The lowest BCUT2D eigenvalue weighted by atomic mass is 10.2. The van der Waals surface area contributed by atoms with Crippen LogP contribution in [0.15, 0.2) is 23.9 Å². The van der Waals surface area contributed by atoms with Gasteiger partial charge in [-0.2, -0.15) is 0 Å². The van der Waals surface area contributed by atoms with Crippen molar-refractivity contribution in [1.29, 1.82) is 0 Å². The molecule has 0 fully saturated rings. The van der Waals surface area contributed by atoms with E-state index in [0.717, 1.165) is 0 Å². The molecule has 4 nitrogen and oxygen atoms in total. The minimum absolute atomic E-state index is 0.0648.